The molecule has 0 spiro atoms. The number of rotatable bonds is 4. The van der Waals surface area contributed by atoms with E-state index in [1.807, 2.05) is 27.7 Å². The van der Waals surface area contributed by atoms with Crippen LogP contribution in [0.5, 0.6) is 0 Å². The second-order valence-corrected chi connectivity index (χ2v) is 7.64. The second kappa shape index (κ2) is 5.90. The number of nitriles is 1. The molecule has 0 amide bonds. The zero-order chi connectivity index (χ0) is 15.6. The van der Waals surface area contributed by atoms with Gasteiger partial charge in [-0.2, -0.15) is 5.26 Å². The fourth-order valence-corrected chi connectivity index (χ4v) is 2.54. The van der Waals surface area contributed by atoms with Gasteiger partial charge in [0.15, 0.2) is 0 Å². The summed E-state index contributed by atoms with van der Waals surface area (Å²) < 4.78 is 39.9. The van der Waals surface area contributed by atoms with Crippen molar-refractivity contribution >= 4 is 10.0 Å². The highest BCUT2D eigenvalue weighted by Crippen LogP contribution is 2.25. The maximum Gasteiger partial charge on any atom is 0.240 e. The lowest BCUT2D eigenvalue weighted by atomic mass is 9.82. The van der Waals surface area contributed by atoms with Crippen LogP contribution in [-0.2, 0) is 10.0 Å². The maximum atomic E-state index is 13.2. The third kappa shape index (κ3) is 4.02. The van der Waals surface area contributed by atoms with E-state index in [-0.39, 0.29) is 28.3 Å². The SMILES string of the molecule is CC(CNS(=O)(=O)c1ccc(F)c(C#N)c1)C(C)(C)C. The number of hydrogen-bond donors (Lipinski definition) is 1. The minimum Gasteiger partial charge on any atom is -0.211 e. The Labute approximate surface area is 119 Å². The van der Waals surface area contributed by atoms with Crippen molar-refractivity contribution in [2.45, 2.75) is 32.6 Å². The molecule has 1 rings (SSSR count). The molecule has 0 saturated carbocycles. The predicted octanol–water partition coefficient (Wildman–Crippen LogP) is 2.66. The molecule has 0 aromatic heterocycles. The van der Waals surface area contributed by atoms with Crippen molar-refractivity contribution in [1.29, 1.82) is 5.26 Å². The number of hydrogen-bond acceptors (Lipinski definition) is 3. The molecule has 0 saturated heterocycles. The van der Waals surface area contributed by atoms with E-state index in [0.29, 0.717) is 0 Å². The molecule has 0 fully saturated rings. The minimum atomic E-state index is -3.73. The van der Waals surface area contributed by atoms with Gasteiger partial charge in [0.25, 0.3) is 0 Å². The van der Waals surface area contributed by atoms with Gasteiger partial charge in [-0.3, -0.25) is 0 Å². The first-order valence-corrected chi connectivity index (χ1v) is 7.75. The summed E-state index contributed by atoms with van der Waals surface area (Å²) in [7, 11) is -3.73. The molecule has 0 aliphatic heterocycles. The van der Waals surface area contributed by atoms with E-state index in [2.05, 4.69) is 4.72 Å². The molecule has 0 aliphatic rings. The van der Waals surface area contributed by atoms with Gasteiger partial charge in [-0.25, -0.2) is 17.5 Å². The van der Waals surface area contributed by atoms with Crippen molar-refractivity contribution in [3.05, 3.63) is 29.6 Å². The van der Waals surface area contributed by atoms with Crippen LogP contribution in [0.3, 0.4) is 0 Å². The lowest BCUT2D eigenvalue weighted by Crippen LogP contribution is -2.33. The lowest BCUT2D eigenvalue weighted by molar-refractivity contribution is 0.263. The number of nitrogens with one attached hydrogen (secondary N) is 1. The Morgan fingerprint density at radius 3 is 2.50 bits per heavy atom. The van der Waals surface area contributed by atoms with E-state index in [9.17, 15) is 12.8 Å². The van der Waals surface area contributed by atoms with Crippen LogP contribution in [0.25, 0.3) is 0 Å². The van der Waals surface area contributed by atoms with Gasteiger partial charge in [0.05, 0.1) is 10.5 Å². The molecule has 1 atom stereocenters. The molecule has 0 radical (unpaired) electrons. The molecule has 6 heteroatoms. The van der Waals surface area contributed by atoms with Gasteiger partial charge in [0, 0.05) is 6.54 Å². The smallest absolute Gasteiger partial charge is 0.211 e. The summed E-state index contributed by atoms with van der Waals surface area (Å²) in [5, 5.41) is 8.73. The molecule has 1 N–H and O–H groups in total. The quantitative estimate of drug-likeness (QED) is 0.929. The van der Waals surface area contributed by atoms with E-state index >= 15 is 0 Å². The highest BCUT2D eigenvalue weighted by Gasteiger charge is 2.23. The fraction of sp³-hybridized carbons (Fsp3) is 0.500. The van der Waals surface area contributed by atoms with Crippen LogP contribution in [0.1, 0.15) is 33.3 Å². The van der Waals surface area contributed by atoms with Crippen LogP contribution >= 0.6 is 0 Å². The molecular formula is C14H19FN2O2S. The number of sulfonamides is 1. The average molecular weight is 298 g/mol. The first-order valence-electron chi connectivity index (χ1n) is 6.27. The highest BCUT2D eigenvalue weighted by molar-refractivity contribution is 7.89. The first-order chi connectivity index (χ1) is 9.08. The average Bonchev–Trinajstić information content (AvgIpc) is 2.35. The Balaban J connectivity index is 2.93. The molecule has 0 bridgehead atoms. The van der Waals surface area contributed by atoms with Gasteiger partial charge >= 0.3 is 0 Å². The number of nitrogens with zero attached hydrogens (tertiary/aromatic N) is 1. The van der Waals surface area contributed by atoms with Crippen LogP contribution in [-0.4, -0.2) is 15.0 Å². The van der Waals surface area contributed by atoms with Gasteiger partial charge < -0.3 is 0 Å². The van der Waals surface area contributed by atoms with Crippen molar-refractivity contribution in [3.8, 4) is 6.07 Å². The largest absolute Gasteiger partial charge is 0.240 e. The molecule has 0 aliphatic carbocycles. The second-order valence-electron chi connectivity index (χ2n) is 5.87. The Kier molecular flexibility index (Phi) is 4.90. The molecular weight excluding hydrogens is 279 g/mol. The van der Waals surface area contributed by atoms with Crippen LogP contribution in [0.15, 0.2) is 23.1 Å². The zero-order valence-electron chi connectivity index (χ0n) is 12.1. The Bertz CT molecular complexity index is 628. The molecule has 20 heavy (non-hydrogen) atoms. The Morgan fingerprint density at radius 2 is 2.00 bits per heavy atom. The monoisotopic (exact) mass is 298 g/mol. The van der Waals surface area contributed by atoms with Crippen LogP contribution in [0.2, 0.25) is 0 Å². The van der Waals surface area contributed by atoms with Gasteiger partial charge in [-0.05, 0) is 29.5 Å². The molecule has 4 nitrogen and oxygen atoms in total. The molecule has 1 aromatic carbocycles. The van der Waals surface area contributed by atoms with E-state index in [1.165, 1.54) is 0 Å². The van der Waals surface area contributed by atoms with E-state index in [1.54, 1.807) is 6.07 Å². The summed E-state index contributed by atoms with van der Waals surface area (Å²) in [6, 6.07) is 4.81. The van der Waals surface area contributed by atoms with Crippen molar-refractivity contribution in [1.82, 2.24) is 4.72 Å². The first kappa shape index (κ1) is 16.6. The van der Waals surface area contributed by atoms with Crippen LogP contribution in [0.4, 0.5) is 4.39 Å². The van der Waals surface area contributed by atoms with Gasteiger partial charge in [-0.15, -0.1) is 0 Å². The van der Waals surface area contributed by atoms with E-state index < -0.39 is 15.8 Å². The summed E-state index contributed by atoms with van der Waals surface area (Å²) in [6.07, 6.45) is 0. The Hall–Kier alpha value is -1.45. The summed E-state index contributed by atoms with van der Waals surface area (Å²) in [4.78, 5) is -0.100. The molecule has 0 heterocycles. The van der Waals surface area contributed by atoms with Gasteiger partial charge in [0.2, 0.25) is 10.0 Å². The topological polar surface area (TPSA) is 70.0 Å². The van der Waals surface area contributed by atoms with Crippen LogP contribution < -0.4 is 4.72 Å². The fourth-order valence-electron chi connectivity index (χ4n) is 1.38. The highest BCUT2D eigenvalue weighted by atomic mass is 32.2. The summed E-state index contributed by atoms with van der Waals surface area (Å²) in [5.74, 6) is -0.595. The maximum absolute atomic E-state index is 13.2. The summed E-state index contributed by atoms with van der Waals surface area (Å²) >= 11 is 0. The minimum absolute atomic E-state index is 0.0247. The third-order valence-corrected chi connectivity index (χ3v) is 4.85. The lowest BCUT2D eigenvalue weighted by Gasteiger charge is -2.27. The Morgan fingerprint density at radius 1 is 1.40 bits per heavy atom. The zero-order valence-corrected chi connectivity index (χ0v) is 12.9. The summed E-state index contributed by atoms with van der Waals surface area (Å²) in [5.41, 5.74) is -0.305. The number of halogens is 1. The normalized spacial score (nSPS) is 13.8. The molecule has 110 valence electrons. The third-order valence-electron chi connectivity index (χ3n) is 3.43. The van der Waals surface area contributed by atoms with E-state index in [4.69, 9.17) is 5.26 Å². The van der Waals surface area contributed by atoms with Crippen LogP contribution in [0, 0.1) is 28.5 Å². The standard InChI is InChI=1S/C14H19FN2O2S/c1-10(14(2,3)4)9-17-20(18,19)12-5-6-13(15)11(7-12)8-16/h5-7,10,17H,9H2,1-4H3. The van der Waals surface area contributed by atoms with Crippen molar-refractivity contribution < 1.29 is 12.8 Å². The van der Waals surface area contributed by atoms with Crippen molar-refractivity contribution in [2.75, 3.05) is 6.54 Å². The van der Waals surface area contributed by atoms with Gasteiger partial charge in [0.1, 0.15) is 11.9 Å². The summed E-state index contributed by atoms with van der Waals surface area (Å²) in [6.45, 7) is 8.31. The van der Waals surface area contributed by atoms with E-state index in [0.717, 1.165) is 18.2 Å². The van der Waals surface area contributed by atoms with Crippen molar-refractivity contribution in [2.24, 2.45) is 11.3 Å². The molecule has 1 aromatic rings. The predicted molar refractivity (Wildman–Crippen MR) is 74.9 cm³/mol. The van der Waals surface area contributed by atoms with Gasteiger partial charge in [-0.1, -0.05) is 27.7 Å². The number of benzene rings is 1. The molecule has 1 unspecified atom stereocenters. The van der Waals surface area contributed by atoms with Crippen molar-refractivity contribution in [3.63, 3.8) is 0 Å².